The topological polar surface area (TPSA) is 65.7 Å². The number of carbonyl (C=O) groups excluding carboxylic acids is 2. The first-order valence-corrected chi connectivity index (χ1v) is 6.67. The highest BCUT2D eigenvalue weighted by Gasteiger charge is 2.06. The van der Waals surface area contributed by atoms with Gasteiger partial charge in [0, 0.05) is 6.08 Å². The van der Waals surface area contributed by atoms with E-state index in [0.717, 1.165) is 5.76 Å². The summed E-state index contributed by atoms with van der Waals surface area (Å²) in [6.07, 6.45) is 2.84. The molecule has 2 aromatic rings. The molecule has 0 aliphatic carbocycles. The Morgan fingerprint density at radius 2 is 2.05 bits per heavy atom. The molecule has 1 heterocycles. The maximum absolute atomic E-state index is 11.6. The predicted octanol–water partition coefficient (Wildman–Crippen LogP) is 3.13. The Balaban J connectivity index is 1.91. The van der Waals surface area contributed by atoms with Gasteiger partial charge < -0.3 is 13.9 Å². The van der Waals surface area contributed by atoms with Gasteiger partial charge in [0.25, 0.3) is 0 Å². The molecule has 0 fully saturated rings. The van der Waals surface area contributed by atoms with Gasteiger partial charge in [-0.05, 0) is 42.8 Å². The number of esters is 2. The number of ether oxygens (including phenoxy) is 2. The molecule has 0 unspecified atom stereocenters. The van der Waals surface area contributed by atoms with Crippen molar-refractivity contribution in [2.24, 2.45) is 0 Å². The van der Waals surface area contributed by atoms with Crippen LogP contribution >= 0.6 is 0 Å². The second-order valence-corrected chi connectivity index (χ2v) is 4.58. The summed E-state index contributed by atoms with van der Waals surface area (Å²) in [4.78, 5) is 23.0. The van der Waals surface area contributed by atoms with E-state index in [1.54, 1.807) is 36.4 Å². The Labute approximate surface area is 128 Å². The maximum atomic E-state index is 11.6. The number of hydrogen-bond acceptors (Lipinski definition) is 5. The van der Waals surface area contributed by atoms with Crippen molar-refractivity contribution in [3.05, 3.63) is 65.1 Å². The molecule has 0 radical (unpaired) electrons. The minimum Gasteiger partial charge on any atom is -0.465 e. The lowest BCUT2D eigenvalue weighted by atomic mass is 10.1. The van der Waals surface area contributed by atoms with Gasteiger partial charge in [0.1, 0.15) is 18.1 Å². The van der Waals surface area contributed by atoms with Crippen molar-refractivity contribution in [3.8, 4) is 0 Å². The van der Waals surface area contributed by atoms with Crippen molar-refractivity contribution in [1.29, 1.82) is 0 Å². The molecule has 1 aromatic carbocycles. The van der Waals surface area contributed by atoms with Crippen LogP contribution in [0.1, 0.15) is 27.4 Å². The van der Waals surface area contributed by atoms with Crippen molar-refractivity contribution in [3.63, 3.8) is 0 Å². The van der Waals surface area contributed by atoms with Gasteiger partial charge >= 0.3 is 11.9 Å². The second kappa shape index (κ2) is 7.26. The first-order chi connectivity index (χ1) is 10.6. The van der Waals surface area contributed by atoms with Crippen LogP contribution in [0.15, 0.2) is 46.9 Å². The predicted molar refractivity (Wildman–Crippen MR) is 80.1 cm³/mol. The molecule has 0 N–H and O–H groups in total. The lowest BCUT2D eigenvalue weighted by molar-refractivity contribution is -0.138. The van der Waals surface area contributed by atoms with Crippen molar-refractivity contribution in [2.75, 3.05) is 7.11 Å². The van der Waals surface area contributed by atoms with E-state index in [1.807, 2.05) is 13.0 Å². The summed E-state index contributed by atoms with van der Waals surface area (Å²) in [5, 5.41) is 0. The Morgan fingerprint density at radius 3 is 2.73 bits per heavy atom. The fourth-order valence-electron chi connectivity index (χ4n) is 1.80. The molecule has 5 nitrogen and oxygen atoms in total. The maximum Gasteiger partial charge on any atom is 0.337 e. The van der Waals surface area contributed by atoms with Crippen molar-refractivity contribution < 1.29 is 23.5 Å². The first kappa shape index (κ1) is 15.6. The van der Waals surface area contributed by atoms with Crippen molar-refractivity contribution in [1.82, 2.24) is 0 Å². The summed E-state index contributed by atoms with van der Waals surface area (Å²) < 4.78 is 15.0. The highest BCUT2D eigenvalue weighted by Crippen LogP contribution is 2.10. The molecule has 0 saturated carbocycles. The fourth-order valence-corrected chi connectivity index (χ4v) is 1.80. The fraction of sp³-hybridized carbons (Fsp3) is 0.176. The van der Waals surface area contributed by atoms with E-state index in [4.69, 9.17) is 9.15 Å². The highest BCUT2D eigenvalue weighted by atomic mass is 16.5. The van der Waals surface area contributed by atoms with Crippen molar-refractivity contribution >= 4 is 18.0 Å². The van der Waals surface area contributed by atoms with Gasteiger partial charge in [-0.2, -0.15) is 0 Å². The third kappa shape index (κ3) is 4.34. The molecule has 0 atom stereocenters. The molecule has 0 amide bonds. The van der Waals surface area contributed by atoms with E-state index in [-0.39, 0.29) is 6.61 Å². The Kier molecular flexibility index (Phi) is 5.14. The van der Waals surface area contributed by atoms with Crippen LogP contribution in [0.5, 0.6) is 0 Å². The third-order valence-electron chi connectivity index (χ3n) is 2.87. The lowest BCUT2D eigenvalue weighted by Gasteiger charge is -2.04. The minimum absolute atomic E-state index is 0.0746. The van der Waals surface area contributed by atoms with Crippen LogP contribution in [0.2, 0.25) is 0 Å². The Bertz CT molecular complexity index is 697. The summed E-state index contributed by atoms with van der Waals surface area (Å²) >= 11 is 0. The summed E-state index contributed by atoms with van der Waals surface area (Å²) in [6.45, 7) is 1.90. The van der Waals surface area contributed by atoms with Crippen LogP contribution < -0.4 is 0 Å². The van der Waals surface area contributed by atoms with Gasteiger partial charge in [0.2, 0.25) is 0 Å². The normalized spacial score (nSPS) is 10.6. The molecular formula is C17H16O5. The summed E-state index contributed by atoms with van der Waals surface area (Å²) in [6, 6.07) is 10.3. The molecule has 0 aliphatic heterocycles. The number of carbonyl (C=O) groups is 2. The first-order valence-electron chi connectivity index (χ1n) is 6.67. The Hall–Kier alpha value is -2.82. The number of furan rings is 1. The molecule has 0 aliphatic rings. The third-order valence-corrected chi connectivity index (χ3v) is 2.87. The highest BCUT2D eigenvalue weighted by molar-refractivity contribution is 5.89. The zero-order valence-electron chi connectivity index (χ0n) is 12.4. The average Bonchev–Trinajstić information content (AvgIpc) is 2.96. The van der Waals surface area contributed by atoms with Crippen LogP contribution in [-0.4, -0.2) is 19.0 Å². The molecule has 1 aromatic heterocycles. The summed E-state index contributed by atoms with van der Waals surface area (Å²) in [5.41, 5.74) is 1.12. The van der Waals surface area contributed by atoms with Crippen LogP contribution in [0.3, 0.4) is 0 Å². The van der Waals surface area contributed by atoms with Gasteiger partial charge in [-0.25, -0.2) is 9.59 Å². The molecule has 22 heavy (non-hydrogen) atoms. The molecule has 114 valence electrons. The molecule has 5 heteroatoms. The van der Waals surface area contributed by atoms with Crippen LogP contribution in [0.4, 0.5) is 0 Å². The Morgan fingerprint density at radius 1 is 1.23 bits per heavy atom. The largest absolute Gasteiger partial charge is 0.465 e. The zero-order chi connectivity index (χ0) is 15.9. The monoisotopic (exact) mass is 300 g/mol. The molecule has 2 rings (SSSR count). The van der Waals surface area contributed by atoms with E-state index in [2.05, 4.69) is 4.74 Å². The van der Waals surface area contributed by atoms with Crippen LogP contribution in [-0.2, 0) is 20.9 Å². The van der Waals surface area contributed by atoms with Gasteiger partial charge in [-0.1, -0.05) is 12.1 Å². The standard InChI is InChI=1S/C17H16O5/c1-12-6-7-15(22-12)8-9-16(18)21-11-13-4-3-5-14(10-13)17(19)20-2/h3-10H,11H2,1-2H3. The van der Waals surface area contributed by atoms with Gasteiger partial charge in [-0.3, -0.25) is 0 Å². The molecule has 0 spiro atoms. The van der Waals surface area contributed by atoms with E-state index >= 15 is 0 Å². The van der Waals surface area contributed by atoms with E-state index in [1.165, 1.54) is 13.2 Å². The summed E-state index contributed by atoms with van der Waals surface area (Å²) in [5.74, 6) is 0.438. The quantitative estimate of drug-likeness (QED) is 0.627. The number of benzene rings is 1. The minimum atomic E-state index is -0.488. The smallest absolute Gasteiger partial charge is 0.337 e. The molecular weight excluding hydrogens is 284 g/mol. The number of rotatable bonds is 5. The van der Waals surface area contributed by atoms with Gasteiger partial charge in [0.15, 0.2) is 0 Å². The zero-order valence-corrected chi connectivity index (χ0v) is 12.4. The van der Waals surface area contributed by atoms with Crippen molar-refractivity contribution in [2.45, 2.75) is 13.5 Å². The second-order valence-electron chi connectivity index (χ2n) is 4.58. The molecule has 0 saturated heterocycles. The van der Waals surface area contributed by atoms with Gasteiger partial charge in [-0.15, -0.1) is 0 Å². The lowest BCUT2D eigenvalue weighted by Crippen LogP contribution is -2.04. The average molecular weight is 300 g/mol. The van der Waals surface area contributed by atoms with Crippen LogP contribution in [0.25, 0.3) is 6.08 Å². The number of aryl methyl sites for hydroxylation is 1. The van der Waals surface area contributed by atoms with E-state index in [9.17, 15) is 9.59 Å². The van der Waals surface area contributed by atoms with E-state index < -0.39 is 11.9 Å². The molecule has 0 bridgehead atoms. The SMILES string of the molecule is COC(=O)c1cccc(COC(=O)C=Cc2ccc(C)o2)c1. The van der Waals surface area contributed by atoms with Crippen LogP contribution in [0, 0.1) is 6.92 Å². The number of methoxy groups -OCH3 is 1. The van der Waals surface area contributed by atoms with E-state index in [0.29, 0.717) is 16.9 Å². The van der Waals surface area contributed by atoms with Gasteiger partial charge in [0.05, 0.1) is 12.7 Å². The number of hydrogen-bond donors (Lipinski definition) is 0. The summed E-state index contributed by atoms with van der Waals surface area (Å²) in [7, 11) is 1.32.